The van der Waals surface area contributed by atoms with Gasteiger partial charge in [0.15, 0.2) is 6.04 Å². The molecule has 2 atom stereocenters. The number of quaternary nitrogens is 1. The highest BCUT2D eigenvalue weighted by Crippen LogP contribution is 2.18. The van der Waals surface area contributed by atoms with Crippen LogP contribution in [0.1, 0.15) is 25.3 Å². The van der Waals surface area contributed by atoms with Gasteiger partial charge < -0.3 is 10.2 Å². The molecule has 0 spiro atoms. The van der Waals surface area contributed by atoms with E-state index in [0.29, 0.717) is 6.04 Å². The van der Waals surface area contributed by atoms with Crippen LogP contribution < -0.4 is 10.2 Å². The fraction of sp³-hybridized carbons (Fsp3) is 0.389. The molecule has 1 aliphatic rings. The number of likely N-dealkylation sites (N-methyl/N-ethyl adjacent to an activating group) is 1. The van der Waals surface area contributed by atoms with Gasteiger partial charge in [-0.2, -0.15) is 0 Å². The Bertz CT molecular complexity index is 648. The summed E-state index contributed by atoms with van der Waals surface area (Å²) in [5.74, 6) is 0.177. The van der Waals surface area contributed by atoms with Crippen molar-refractivity contribution >= 4 is 16.7 Å². The third kappa shape index (κ3) is 3.42. The number of fused-ring (bicyclic) bond motifs is 1. The van der Waals surface area contributed by atoms with Crippen LogP contribution in [-0.2, 0) is 11.3 Å². The molecule has 110 valence electrons. The van der Waals surface area contributed by atoms with Crippen molar-refractivity contribution in [1.29, 1.82) is 0 Å². The second-order valence-electron chi connectivity index (χ2n) is 6.21. The van der Waals surface area contributed by atoms with Gasteiger partial charge in [0.1, 0.15) is 6.54 Å². The molecule has 0 aromatic heterocycles. The minimum Gasteiger partial charge on any atom is -0.348 e. The summed E-state index contributed by atoms with van der Waals surface area (Å²) in [5.41, 5.74) is 1.28. The molecule has 1 saturated carbocycles. The average Bonchev–Trinajstić information content (AvgIpc) is 3.30. The number of benzene rings is 2. The van der Waals surface area contributed by atoms with E-state index in [-0.39, 0.29) is 11.9 Å². The normalized spacial score (nSPS) is 17.4. The van der Waals surface area contributed by atoms with Gasteiger partial charge >= 0.3 is 0 Å². The molecular weight excluding hydrogens is 260 g/mol. The smallest absolute Gasteiger partial charge is 0.278 e. The minimum atomic E-state index is -0.0166. The van der Waals surface area contributed by atoms with Crippen molar-refractivity contribution in [2.45, 2.75) is 38.4 Å². The number of hydrogen-bond donors (Lipinski definition) is 2. The molecule has 0 aliphatic heterocycles. The molecule has 0 radical (unpaired) electrons. The van der Waals surface area contributed by atoms with Crippen LogP contribution in [0.25, 0.3) is 10.8 Å². The SMILES string of the molecule is C[C@@H](C(=O)NC1CC1)[NH+](C)Cc1ccc2ccccc2c1. The van der Waals surface area contributed by atoms with Crippen molar-refractivity contribution in [2.24, 2.45) is 0 Å². The first-order valence-electron chi connectivity index (χ1n) is 7.74. The lowest BCUT2D eigenvalue weighted by molar-refractivity contribution is -0.908. The number of carbonyl (C=O) groups is 1. The van der Waals surface area contributed by atoms with E-state index in [2.05, 4.69) is 54.8 Å². The van der Waals surface area contributed by atoms with Crippen molar-refractivity contribution in [3.8, 4) is 0 Å². The Morgan fingerprint density at radius 1 is 1.24 bits per heavy atom. The second kappa shape index (κ2) is 5.86. The number of amides is 1. The van der Waals surface area contributed by atoms with Gasteiger partial charge in [0.05, 0.1) is 7.05 Å². The highest BCUT2D eigenvalue weighted by atomic mass is 16.2. The quantitative estimate of drug-likeness (QED) is 0.857. The maximum Gasteiger partial charge on any atom is 0.278 e. The van der Waals surface area contributed by atoms with Crippen LogP contribution in [-0.4, -0.2) is 25.0 Å². The molecule has 2 N–H and O–H groups in total. The van der Waals surface area contributed by atoms with Crippen molar-refractivity contribution in [2.75, 3.05) is 7.05 Å². The molecular formula is C18H23N2O+. The van der Waals surface area contributed by atoms with E-state index in [1.54, 1.807) is 0 Å². The predicted octanol–water partition coefficient (Wildman–Crippen LogP) is 1.52. The Labute approximate surface area is 125 Å². The molecule has 2 aromatic carbocycles. The van der Waals surface area contributed by atoms with Crippen LogP contribution >= 0.6 is 0 Å². The van der Waals surface area contributed by atoms with E-state index in [0.717, 1.165) is 19.4 Å². The van der Waals surface area contributed by atoms with E-state index >= 15 is 0 Å². The summed E-state index contributed by atoms with van der Waals surface area (Å²) in [6.07, 6.45) is 2.28. The molecule has 0 saturated heterocycles. The van der Waals surface area contributed by atoms with Crippen LogP contribution in [0.15, 0.2) is 42.5 Å². The summed E-state index contributed by atoms with van der Waals surface area (Å²) in [6.45, 7) is 2.87. The third-order valence-corrected chi connectivity index (χ3v) is 4.35. The van der Waals surface area contributed by atoms with Gasteiger partial charge in [-0.15, -0.1) is 0 Å². The van der Waals surface area contributed by atoms with Crippen molar-refractivity contribution in [3.05, 3.63) is 48.0 Å². The lowest BCUT2D eigenvalue weighted by atomic mass is 10.1. The van der Waals surface area contributed by atoms with Crippen molar-refractivity contribution < 1.29 is 9.69 Å². The summed E-state index contributed by atoms with van der Waals surface area (Å²) in [5, 5.41) is 5.61. The molecule has 21 heavy (non-hydrogen) atoms. The molecule has 1 aliphatic carbocycles. The van der Waals surface area contributed by atoms with Crippen molar-refractivity contribution in [3.63, 3.8) is 0 Å². The van der Waals surface area contributed by atoms with Crippen LogP contribution in [0.2, 0.25) is 0 Å². The monoisotopic (exact) mass is 283 g/mol. The lowest BCUT2D eigenvalue weighted by Gasteiger charge is -2.21. The summed E-state index contributed by atoms with van der Waals surface area (Å²) in [7, 11) is 2.09. The van der Waals surface area contributed by atoms with Crippen LogP contribution in [0.3, 0.4) is 0 Å². The van der Waals surface area contributed by atoms with E-state index < -0.39 is 0 Å². The number of nitrogens with one attached hydrogen (secondary N) is 2. The zero-order valence-corrected chi connectivity index (χ0v) is 12.7. The van der Waals surface area contributed by atoms with E-state index in [4.69, 9.17) is 0 Å². The molecule has 3 rings (SSSR count). The van der Waals surface area contributed by atoms with E-state index in [1.165, 1.54) is 21.2 Å². The Morgan fingerprint density at radius 2 is 1.95 bits per heavy atom. The fourth-order valence-electron chi connectivity index (χ4n) is 2.60. The summed E-state index contributed by atoms with van der Waals surface area (Å²) in [4.78, 5) is 13.3. The number of hydrogen-bond acceptors (Lipinski definition) is 1. The number of rotatable bonds is 5. The maximum absolute atomic E-state index is 12.1. The number of carbonyl (C=O) groups excluding carboxylic acids is 1. The lowest BCUT2D eigenvalue weighted by Crippen LogP contribution is -3.12. The van der Waals surface area contributed by atoms with Gasteiger partial charge in [-0.25, -0.2) is 0 Å². The fourth-order valence-corrected chi connectivity index (χ4v) is 2.60. The Morgan fingerprint density at radius 3 is 2.67 bits per heavy atom. The second-order valence-corrected chi connectivity index (χ2v) is 6.21. The summed E-state index contributed by atoms with van der Waals surface area (Å²) < 4.78 is 0. The van der Waals surface area contributed by atoms with Crippen LogP contribution in [0.5, 0.6) is 0 Å². The molecule has 3 heteroatoms. The summed E-state index contributed by atoms with van der Waals surface area (Å²) >= 11 is 0. The first-order chi connectivity index (χ1) is 10.1. The maximum atomic E-state index is 12.1. The van der Waals surface area contributed by atoms with Gasteiger partial charge in [-0.3, -0.25) is 4.79 Å². The molecule has 1 unspecified atom stereocenters. The first-order valence-corrected chi connectivity index (χ1v) is 7.74. The highest BCUT2D eigenvalue weighted by molar-refractivity contribution is 5.83. The third-order valence-electron chi connectivity index (χ3n) is 4.35. The molecule has 1 fully saturated rings. The zero-order chi connectivity index (χ0) is 14.8. The first kappa shape index (κ1) is 14.1. The summed E-state index contributed by atoms with van der Waals surface area (Å²) in [6, 6.07) is 15.4. The predicted molar refractivity (Wildman–Crippen MR) is 85.2 cm³/mol. The molecule has 3 nitrogen and oxygen atoms in total. The highest BCUT2D eigenvalue weighted by Gasteiger charge is 2.29. The van der Waals surface area contributed by atoms with Gasteiger partial charge in [0.25, 0.3) is 5.91 Å². The van der Waals surface area contributed by atoms with Crippen LogP contribution in [0, 0.1) is 0 Å². The van der Waals surface area contributed by atoms with Crippen molar-refractivity contribution in [1.82, 2.24) is 5.32 Å². The molecule has 2 aromatic rings. The molecule has 0 bridgehead atoms. The Balaban J connectivity index is 1.66. The van der Waals surface area contributed by atoms with Gasteiger partial charge in [-0.05, 0) is 36.6 Å². The minimum absolute atomic E-state index is 0.0166. The standard InChI is InChI=1S/C18H22N2O/c1-13(18(21)19-17-9-10-17)20(2)12-14-7-8-15-5-3-4-6-16(15)11-14/h3-8,11,13,17H,9-10,12H2,1-2H3,(H,19,21)/p+1/t13-/m0/s1. The zero-order valence-electron chi connectivity index (χ0n) is 12.7. The van der Waals surface area contributed by atoms with Gasteiger partial charge in [0.2, 0.25) is 0 Å². The van der Waals surface area contributed by atoms with E-state index in [1.807, 2.05) is 6.92 Å². The largest absolute Gasteiger partial charge is 0.348 e. The van der Waals surface area contributed by atoms with Gasteiger partial charge in [0, 0.05) is 11.6 Å². The Hall–Kier alpha value is -1.87. The topological polar surface area (TPSA) is 33.5 Å². The van der Waals surface area contributed by atoms with E-state index in [9.17, 15) is 4.79 Å². The van der Waals surface area contributed by atoms with Crippen LogP contribution in [0.4, 0.5) is 0 Å². The molecule has 1 amide bonds. The molecule has 0 heterocycles. The average molecular weight is 283 g/mol. The Kier molecular flexibility index (Phi) is 3.93. The van der Waals surface area contributed by atoms with Gasteiger partial charge in [-0.1, -0.05) is 36.4 Å².